The lowest BCUT2D eigenvalue weighted by atomic mass is 9.82. The van der Waals surface area contributed by atoms with E-state index in [1.54, 1.807) is 0 Å². The summed E-state index contributed by atoms with van der Waals surface area (Å²) >= 11 is 0. The van der Waals surface area contributed by atoms with E-state index in [0.717, 1.165) is 12.1 Å². The minimum absolute atomic E-state index is 0.0790. The topological polar surface area (TPSA) is 92.3 Å². The highest BCUT2D eigenvalue weighted by Crippen LogP contribution is 2.37. The van der Waals surface area contributed by atoms with Gasteiger partial charge in [0, 0.05) is 23.3 Å². The Labute approximate surface area is 220 Å². The lowest BCUT2D eigenvalue weighted by molar-refractivity contribution is 0.0977. The van der Waals surface area contributed by atoms with Crippen molar-refractivity contribution in [1.29, 1.82) is 0 Å². The molecule has 5 rings (SSSR count). The van der Waals surface area contributed by atoms with E-state index in [1.165, 1.54) is 24.3 Å². The molecule has 2 N–H and O–H groups in total. The summed E-state index contributed by atoms with van der Waals surface area (Å²) in [5.41, 5.74) is -3.59. The average Bonchev–Trinajstić information content (AvgIpc) is 2.91. The fourth-order valence-electron chi connectivity index (χ4n) is 4.20. The summed E-state index contributed by atoms with van der Waals surface area (Å²) in [4.78, 5) is 52.4. The number of carbonyl (C=O) groups excluding carboxylic acids is 4. The van der Waals surface area contributed by atoms with Crippen LogP contribution >= 0.6 is 0 Å². The van der Waals surface area contributed by atoms with Crippen LogP contribution in [0.2, 0.25) is 0 Å². The second kappa shape index (κ2) is 9.80. The molecular formula is C28H12F6N2O4. The third kappa shape index (κ3) is 4.38. The molecule has 0 radical (unpaired) electrons. The number of hydrogen-bond acceptors (Lipinski definition) is 4. The van der Waals surface area contributed by atoms with E-state index < -0.39 is 80.5 Å². The molecule has 0 aliphatic heterocycles. The highest BCUT2D eigenvalue weighted by Gasteiger charge is 2.35. The molecule has 0 bridgehead atoms. The smallest absolute Gasteiger partial charge is 0.258 e. The number of hydrogen-bond donors (Lipinski definition) is 2. The molecule has 40 heavy (non-hydrogen) atoms. The Balaban J connectivity index is 1.61. The molecule has 6 nitrogen and oxygen atoms in total. The third-order valence-electron chi connectivity index (χ3n) is 6.08. The van der Waals surface area contributed by atoms with E-state index in [9.17, 15) is 45.5 Å². The minimum Gasteiger partial charge on any atom is -0.321 e. The quantitative estimate of drug-likeness (QED) is 0.217. The van der Waals surface area contributed by atoms with Gasteiger partial charge in [-0.15, -0.1) is 0 Å². The van der Waals surface area contributed by atoms with Gasteiger partial charge in [-0.05, 0) is 24.3 Å². The molecule has 0 saturated carbocycles. The Morgan fingerprint density at radius 2 is 0.850 bits per heavy atom. The molecule has 4 aromatic rings. The maximum atomic E-state index is 14.2. The zero-order valence-corrected chi connectivity index (χ0v) is 19.7. The van der Waals surface area contributed by atoms with Crippen molar-refractivity contribution in [3.05, 3.63) is 129 Å². The first kappa shape index (κ1) is 26.4. The monoisotopic (exact) mass is 554 g/mol. The average molecular weight is 554 g/mol. The SMILES string of the molecule is O=C(Nc1ccc(NC(=O)c2cc(F)c(F)cc2F)c2c1C(=O)c1ccccc1C2=O)c1cc(F)c(F)cc1F. The number of anilines is 2. The molecule has 0 fully saturated rings. The number of rotatable bonds is 4. The van der Waals surface area contributed by atoms with Gasteiger partial charge in [-0.1, -0.05) is 24.3 Å². The van der Waals surface area contributed by atoms with Gasteiger partial charge in [0.2, 0.25) is 0 Å². The second-order valence-corrected chi connectivity index (χ2v) is 8.52. The van der Waals surface area contributed by atoms with E-state index in [-0.39, 0.29) is 34.6 Å². The van der Waals surface area contributed by atoms with Crippen LogP contribution in [-0.2, 0) is 0 Å². The fourth-order valence-corrected chi connectivity index (χ4v) is 4.20. The van der Waals surface area contributed by atoms with Crippen molar-refractivity contribution in [1.82, 2.24) is 0 Å². The molecule has 0 heterocycles. The Morgan fingerprint density at radius 3 is 1.23 bits per heavy atom. The molecule has 12 heteroatoms. The first-order valence-corrected chi connectivity index (χ1v) is 11.2. The molecule has 200 valence electrons. The number of benzene rings is 4. The van der Waals surface area contributed by atoms with Crippen LogP contribution < -0.4 is 10.6 Å². The van der Waals surface area contributed by atoms with E-state index in [2.05, 4.69) is 10.6 Å². The summed E-state index contributed by atoms with van der Waals surface area (Å²) in [7, 11) is 0. The van der Waals surface area contributed by atoms with Crippen molar-refractivity contribution in [2.75, 3.05) is 10.6 Å². The highest BCUT2D eigenvalue weighted by atomic mass is 19.2. The van der Waals surface area contributed by atoms with E-state index in [0.29, 0.717) is 12.1 Å². The van der Waals surface area contributed by atoms with Crippen molar-refractivity contribution in [3.8, 4) is 0 Å². The summed E-state index contributed by atoms with van der Waals surface area (Å²) < 4.78 is 82.4. The van der Waals surface area contributed by atoms with E-state index >= 15 is 0 Å². The number of carbonyl (C=O) groups is 4. The van der Waals surface area contributed by atoms with Crippen LogP contribution in [0.25, 0.3) is 0 Å². The van der Waals surface area contributed by atoms with E-state index in [4.69, 9.17) is 0 Å². The normalized spacial score (nSPS) is 12.1. The first-order valence-electron chi connectivity index (χ1n) is 11.2. The molecule has 0 atom stereocenters. The van der Waals surface area contributed by atoms with Crippen molar-refractivity contribution in [2.45, 2.75) is 0 Å². The third-order valence-corrected chi connectivity index (χ3v) is 6.08. The Morgan fingerprint density at radius 1 is 0.500 bits per heavy atom. The van der Waals surface area contributed by atoms with Gasteiger partial charge in [-0.3, -0.25) is 19.2 Å². The van der Waals surface area contributed by atoms with Crippen LogP contribution in [0.5, 0.6) is 0 Å². The van der Waals surface area contributed by atoms with Crippen molar-refractivity contribution in [2.24, 2.45) is 0 Å². The number of halogens is 6. The van der Waals surface area contributed by atoms with E-state index in [1.807, 2.05) is 0 Å². The van der Waals surface area contributed by atoms with Crippen LogP contribution in [-0.4, -0.2) is 23.4 Å². The Kier molecular flexibility index (Phi) is 6.46. The van der Waals surface area contributed by atoms with Gasteiger partial charge in [-0.2, -0.15) is 0 Å². The van der Waals surface area contributed by atoms with Gasteiger partial charge in [0.1, 0.15) is 11.6 Å². The summed E-state index contributed by atoms with van der Waals surface area (Å²) in [6, 6.07) is 8.57. The predicted octanol–water partition coefficient (Wildman–Crippen LogP) is 5.80. The molecule has 4 aromatic carbocycles. The molecular weight excluding hydrogens is 542 g/mol. The molecule has 0 aromatic heterocycles. The predicted molar refractivity (Wildman–Crippen MR) is 128 cm³/mol. The first-order chi connectivity index (χ1) is 19.0. The van der Waals surface area contributed by atoms with Crippen LogP contribution in [0.3, 0.4) is 0 Å². The number of ketones is 2. The Bertz CT molecular complexity index is 1680. The van der Waals surface area contributed by atoms with Crippen molar-refractivity contribution in [3.63, 3.8) is 0 Å². The molecule has 1 aliphatic carbocycles. The number of fused-ring (bicyclic) bond motifs is 2. The largest absolute Gasteiger partial charge is 0.321 e. The number of nitrogens with one attached hydrogen (secondary N) is 2. The standard InChI is InChI=1S/C28H12F6N2O4/c29-15-9-19(33)17(31)7-13(15)27(39)35-21-5-6-22(36-28(40)14-8-18(32)20(34)10-16(14)30)24-23(21)25(37)11-3-1-2-4-12(11)26(24)38/h1-10H,(H,35,39)(H,36,40). The van der Waals surface area contributed by atoms with Gasteiger partial charge >= 0.3 is 0 Å². The van der Waals surface area contributed by atoms with Crippen molar-refractivity contribution >= 4 is 34.8 Å². The van der Waals surface area contributed by atoms with Crippen LogP contribution in [0, 0.1) is 34.9 Å². The molecule has 0 saturated heterocycles. The van der Waals surface area contributed by atoms with Gasteiger partial charge in [0.25, 0.3) is 11.8 Å². The van der Waals surface area contributed by atoms with Crippen LogP contribution in [0.15, 0.2) is 60.7 Å². The molecule has 2 amide bonds. The fraction of sp³-hybridized carbons (Fsp3) is 0. The molecule has 0 unspecified atom stereocenters. The van der Waals surface area contributed by atoms with Crippen LogP contribution in [0.4, 0.5) is 37.7 Å². The second-order valence-electron chi connectivity index (χ2n) is 8.52. The van der Waals surface area contributed by atoms with Gasteiger partial charge < -0.3 is 10.6 Å². The summed E-state index contributed by atoms with van der Waals surface area (Å²) in [5, 5.41) is 4.37. The lowest BCUT2D eigenvalue weighted by Crippen LogP contribution is -2.26. The number of amides is 2. The summed E-state index contributed by atoms with van der Waals surface area (Å²) in [6.07, 6.45) is 0. The lowest BCUT2D eigenvalue weighted by Gasteiger charge is -2.23. The summed E-state index contributed by atoms with van der Waals surface area (Å²) in [5.74, 6) is -13.1. The van der Waals surface area contributed by atoms with Gasteiger partial charge in [0.05, 0.1) is 33.6 Å². The van der Waals surface area contributed by atoms with Gasteiger partial charge in [0.15, 0.2) is 34.8 Å². The van der Waals surface area contributed by atoms with Crippen molar-refractivity contribution < 1.29 is 45.5 Å². The Hall–Kier alpha value is -5.26. The van der Waals surface area contributed by atoms with Crippen LogP contribution in [0.1, 0.15) is 52.6 Å². The highest BCUT2D eigenvalue weighted by molar-refractivity contribution is 6.33. The summed E-state index contributed by atoms with van der Waals surface area (Å²) in [6.45, 7) is 0. The van der Waals surface area contributed by atoms with Gasteiger partial charge in [-0.25, -0.2) is 26.3 Å². The zero-order chi connectivity index (χ0) is 28.9. The maximum absolute atomic E-state index is 14.2. The molecule has 0 spiro atoms. The zero-order valence-electron chi connectivity index (χ0n) is 19.7. The molecule has 1 aliphatic rings. The maximum Gasteiger partial charge on any atom is 0.258 e. The minimum atomic E-state index is -1.54.